The maximum Gasteiger partial charge on any atom is 0.240 e. The van der Waals surface area contributed by atoms with Crippen molar-refractivity contribution >= 4 is 16.9 Å². The standard InChI is InChI=1S/C21H17FN4O/c22-17-9-7-15(8-10-17)12-24-20(27)14-26-19-6-2-1-5-18(19)25-21(26)16-4-3-11-23-13-16/h1-11,13H,12,14H2,(H,24,27). The van der Waals surface area contributed by atoms with Gasteiger partial charge < -0.3 is 9.88 Å². The van der Waals surface area contributed by atoms with Crippen LogP contribution in [0.15, 0.2) is 73.1 Å². The molecule has 0 bridgehead atoms. The Balaban J connectivity index is 1.59. The second-order valence-electron chi connectivity index (χ2n) is 6.16. The van der Waals surface area contributed by atoms with Crippen LogP contribution in [-0.4, -0.2) is 20.4 Å². The van der Waals surface area contributed by atoms with Crippen LogP contribution < -0.4 is 5.32 Å². The molecule has 4 aromatic rings. The number of rotatable bonds is 5. The maximum absolute atomic E-state index is 13.0. The van der Waals surface area contributed by atoms with Crippen LogP contribution >= 0.6 is 0 Å². The highest BCUT2D eigenvalue weighted by Crippen LogP contribution is 2.24. The average molecular weight is 360 g/mol. The SMILES string of the molecule is O=C(Cn1c(-c2cccnc2)nc2ccccc21)NCc1ccc(F)cc1. The molecule has 2 aromatic carbocycles. The molecule has 1 amide bonds. The molecule has 0 aliphatic carbocycles. The molecule has 0 saturated heterocycles. The van der Waals surface area contributed by atoms with Crippen LogP contribution in [-0.2, 0) is 17.9 Å². The second-order valence-corrected chi connectivity index (χ2v) is 6.16. The molecule has 0 radical (unpaired) electrons. The number of fused-ring (bicyclic) bond motifs is 1. The Kier molecular flexibility index (Phi) is 4.61. The summed E-state index contributed by atoms with van der Waals surface area (Å²) in [4.78, 5) is 21.3. The van der Waals surface area contributed by atoms with Gasteiger partial charge in [0, 0.05) is 24.5 Å². The zero-order valence-corrected chi connectivity index (χ0v) is 14.5. The third kappa shape index (κ3) is 3.69. The molecule has 0 atom stereocenters. The molecule has 1 N–H and O–H groups in total. The van der Waals surface area contributed by atoms with Gasteiger partial charge in [0.05, 0.1) is 11.0 Å². The van der Waals surface area contributed by atoms with E-state index in [4.69, 9.17) is 0 Å². The lowest BCUT2D eigenvalue weighted by atomic mass is 10.2. The minimum Gasteiger partial charge on any atom is -0.350 e. The van der Waals surface area contributed by atoms with Crippen molar-refractivity contribution in [3.8, 4) is 11.4 Å². The molecule has 27 heavy (non-hydrogen) atoms. The molecule has 0 fully saturated rings. The van der Waals surface area contributed by atoms with Crippen LogP contribution in [0.3, 0.4) is 0 Å². The molecule has 0 spiro atoms. The first-order chi connectivity index (χ1) is 13.2. The first-order valence-electron chi connectivity index (χ1n) is 8.57. The van der Waals surface area contributed by atoms with Gasteiger partial charge in [-0.05, 0) is 42.0 Å². The van der Waals surface area contributed by atoms with Gasteiger partial charge in [0.25, 0.3) is 0 Å². The number of carbonyl (C=O) groups is 1. The quantitative estimate of drug-likeness (QED) is 0.592. The van der Waals surface area contributed by atoms with E-state index in [-0.39, 0.29) is 18.3 Å². The molecule has 5 nitrogen and oxygen atoms in total. The van der Waals surface area contributed by atoms with E-state index in [0.29, 0.717) is 12.4 Å². The van der Waals surface area contributed by atoms with Crippen molar-refractivity contribution < 1.29 is 9.18 Å². The predicted octanol–water partition coefficient (Wildman–Crippen LogP) is 3.55. The van der Waals surface area contributed by atoms with Gasteiger partial charge >= 0.3 is 0 Å². The van der Waals surface area contributed by atoms with Crippen molar-refractivity contribution in [3.63, 3.8) is 0 Å². The Morgan fingerprint density at radius 2 is 1.85 bits per heavy atom. The van der Waals surface area contributed by atoms with Gasteiger partial charge in [-0.15, -0.1) is 0 Å². The number of para-hydroxylation sites is 2. The van der Waals surface area contributed by atoms with Crippen molar-refractivity contribution in [2.75, 3.05) is 0 Å². The van der Waals surface area contributed by atoms with Crippen LogP contribution in [0.5, 0.6) is 0 Å². The van der Waals surface area contributed by atoms with Crippen molar-refractivity contribution in [1.82, 2.24) is 19.9 Å². The lowest BCUT2D eigenvalue weighted by Gasteiger charge is -2.10. The van der Waals surface area contributed by atoms with Crippen molar-refractivity contribution in [1.29, 1.82) is 0 Å². The molecule has 0 unspecified atom stereocenters. The summed E-state index contributed by atoms with van der Waals surface area (Å²) in [6.07, 6.45) is 3.43. The number of hydrogen-bond acceptors (Lipinski definition) is 3. The second kappa shape index (κ2) is 7.37. The first-order valence-corrected chi connectivity index (χ1v) is 8.57. The molecule has 0 aliphatic heterocycles. The highest BCUT2D eigenvalue weighted by atomic mass is 19.1. The van der Waals surface area contributed by atoms with Crippen LogP contribution in [0.1, 0.15) is 5.56 Å². The number of benzene rings is 2. The minimum atomic E-state index is -0.295. The maximum atomic E-state index is 13.0. The predicted molar refractivity (Wildman–Crippen MR) is 101 cm³/mol. The third-order valence-electron chi connectivity index (χ3n) is 4.28. The zero-order valence-electron chi connectivity index (χ0n) is 14.5. The summed E-state index contributed by atoms with van der Waals surface area (Å²) in [7, 11) is 0. The number of carbonyl (C=O) groups excluding carboxylic acids is 1. The topological polar surface area (TPSA) is 59.8 Å². The van der Waals surface area contributed by atoms with E-state index in [1.54, 1.807) is 24.5 Å². The van der Waals surface area contributed by atoms with E-state index < -0.39 is 0 Å². The normalized spacial score (nSPS) is 10.9. The van der Waals surface area contributed by atoms with Crippen LogP contribution in [0.25, 0.3) is 22.4 Å². The highest BCUT2D eigenvalue weighted by Gasteiger charge is 2.15. The number of aromatic nitrogens is 3. The Morgan fingerprint density at radius 1 is 1.04 bits per heavy atom. The summed E-state index contributed by atoms with van der Waals surface area (Å²) in [5.41, 5.74) is 3.39. The fourth-order valence-corrected chi connectivity index (χ4v) is 2.95. The number of nitrogens with zero attached hydrogens (tertiary/aromatic N) is 3. The monoisotopic (exact) mass is 360 g/mol. The fraction of sp³-hybridized carbons (Fsp3) is 0.0952. The van der Waals surface area contributed by atoms with E-state index in [0.717, 1.165) is 22.2 Å². The van der Waals surface area contributed by atoms with Crippen LogP contribution in [0.4, 0.5) is 4.39 Å². The number of hydrogen-bond donors (Lipinski definition) is 1. The lowest BCUT2D eigenvalue weighted by molar-refractivity contribution is -0.121. The third-order valence-corrected chi connectivity index (χ3v) is 4.28. The average Bonchev–Trinajstić information content (AvgIpc) is 3.07. The van der Waals surface area contributed by atoms with E-state index in [2.05, 4.69) is 15.3 Å². The number of imidazole rings is 1. The van der Waals surface area contributed by atoms with Gasteiger partial charge in [-0.1, -0.05) is 24.3 Å². The van der Waals surface area contributed by atoms with Crippen molar-refractivity contribution in [2.45, 2.75) is 13.1 Å². The Labute approximate surface area is 155 Å². The summed E-state index contributed by atoms with van der Waals surface area (Å²) < 4.78 is 14.9. The van der Waals surface area contributed by atoms with E-state index in [1.807, 2.05) is 41.0 Å². The number of amides is 1. The molecule has 4 rings (SSSR count). The Hall–Kier alpha value is -3.54. The molecule has 0 saturated carbocycles. The number of nitrogens with one attached hydrogen (secondary N) is 1. The molecule has 2 aromatic heterocycles. The molecule has 6 heteroatoms. The number of halogens is 1. The summed E-state index contributed by atoms with van der Waals surface area (Å²) in [5, 5.41) is 2.87. The number of pyridine rings is 1. The fourth-order valence-electron chi connectivity index (χ4n) is 2.95. The summed E-state index contributed by atoms with van der Waals surface area (Å²) in [6, 6.07) is 17.5. The van der Waals surface area contributed by atoms with Crippen LogP contribution in [0, 0.1) is 5.82 Å². The largest absolute Gasteiger partial charge is 0.350 e. The van der Waals surface area contributed by atoms with Gasteiger partial charge in [0.2, 0.25) is 5.91 Å². The summed E-state index contributed by atoms with van der Waals surface area (Å²) in [5.74, 6) is 0.255. The van der Waals surface area contributed by atoms with E-state index in [1.165, 1.54) is 12.1 Å². The molecule has 2 heterocycles. The van der Waals surface area contributed by atoms with Gasteiger partial charge in [0.1, 0.15) is 18.2 Å². The Morgan fingerprint density at radius 3 is 2.63 bits per heavy atom. The molecule has 0 aliphatic rings. The van der Waals surface area contributed by atoms with E-state index in [9.17, 15) is 9.18 Å². The lowest BCUT2D eigenvalue weighted by Crippen LogP contribution is -2.27. The zero-order chi connectivity index (χ0) is 18.6. The molecular weight excluding hydrogens is 343 g/mol. The minimum absolute atomic E-state index is 0.131. The van der Waals surface area contributed by atoms with Gasteiger partial charge in [-0.3, -0.25) is 9.78 Å². The van der Waals surface area contributed by atoms with Gasteiger partial charge in [-0.2, -0.15) is 0 Å². The summed E-state index contributed by atoms with van der Waals surface area (Å²) in [6.45, 7) is 0.472. The smallest absolute Gasteiger partial charge is 0.240 e. The van der Waals surface area contributed by atoms with Gasteiger partial charge in [-0.25, -0.2) is 9.37 Å². The highest BCUT2D eigenvalue weighted by molar-refractivity contribution is 5.84. The Bertz CT molecular complexity index is 1070. The summed E-state index contributed by atoms with van der Waals surface area (Å²) >= 11 is 0. The van der Waals surface area contributed by atoms with Crippen LogP contribution in [0.2, 0.25) is 0 Å². The van der Waals surface area contributed by atoms with E-state index >= 15 is 0 Å². The van der Waals surface area contributed by atoms with Crippen molar-refractivity contribution in [2.24, 2.45) is 0 Å². The van der Waals surface area contributed by atoms with Crippen molar-refractivity contribution in [3.05, 3.63) is 84.4 Å². The molecular formula is C21H17FN4O. The van der Waals surface area contributed by atoms with Gasteiger partial charge in [0.15, 0.2) is 0 Å². The first kappa shape index (κ1) is 16.9. The molecule has 134 valence electrons.